The molecule has 0 fully saturated rings. The molecule has 5 nitrogen and oxygen atoms in total. The molecule has 3 aromatic heterocycles. The van der Waals surface area contributed by atoms with Gasteiger partial charge in [0.15, 0.2) is 10.4 Å². The summed E-state index contributed by atoms with van der Waals surface area (Å²) in [4.78, 5) is 11.9. The van der Waals surface area contributed by atoms with E-state index in [1.807, 2.05) is 27.6 Å². The lowest BCUT2D eigenvalue weighted by molar-refractivity contribution is 0.399. The van der Waals surface area contributed by atoms with Crippen molar-refractivity contribution in [1.29, 1.82) is 0 Å². The molecule has 1 N–H and O–H groups in total. The molecule has 19 heavy (non-hydrogen) atoms. The fourth-order valence-corrected chi connectivity index (χ4v) is 2.80. The average Bonchev–Trinajstić information content (AvgIpc) is 3.03. The minimum Gasteiger partial charge on any atom is -0.481 e. The van der Waals surface area contributed by atoms with Gasteiger partial charge >= 0.3 is 0 Å². The van der Waals surface area contributed by atoms with Crippen LogP contribution in [0.5, 0.6) is 5.88 Å². The van der Waals surface area contributed by atoms with Gasteiger partial charge in [-0.3, -0.25) is 0 Å². The van der Waals surface area contributed by atoms with Crippen LogP contribution in [0.1, 0.15) is 5.69 Å². The first kappa shape index (κ1) is 12.3. The fraction of sp³-hybridized carbons (Fsp3) is 0.250. The highest BCUT2D eigenvalue weighted by molar-refractivity contribution is 7.71. The van der Waals surface area contributed by atoms with Gasteiger partial charge in [0.1, 0.15) is 0 Å². The predicted octanol–water partition coefficient (Wildman–Crippen LogP) is 2.80. The molecule has 0 unspecified atom stereocenters. The van der Waals surface area contributed by atoms with E-state index < -0.39 is 0 Å². The van der Waals surface area contributed by atoms with E-state index in [1.54, 1.807) is 18.4 Å². The van der Waals surface area contributed by atoms with Crippen molar-refractivity contribution in [1.82, 2.24) is 19.5 Å². The van der Waals surface area contributed by atoms with Crippen LogP contribution in [-0.4, -0.2) is 26.6 Å². The molecule has 0 aliphatic rings. The maximum Gasteiger partial charge on any atom is 0.215 e. The Kier molecular flexibility index (Phi) is 3.31. The predicted molar refractivity (Wildman–Crippen MR) is 77.3 cm³/mol. The molecule has 3 rings (SSSR count). The summed E-state index contributed by atoms with van der Waals surface area (Å²) in [5.74, 6) is 0.587. The smallest absolute Gasteiger partial charge is 0.215 e. The minimum absolute atomic E-state index is 0.587. The van der Waals surface area contributed by atoms with Crippen LogP contribution in [0.3, 0.4) is 0 Å². The number of ether oxygens (including phenoxy) is 1. The molecule has 0 saturated carbocycles. The van der Waals surface area contributed by atoms with Gasteiger partial charge in [-0.15, -0.1) is 11.3 Å². The highest BCUT2D eigenvalue weighted by Gasteiger charge is 2.08. The largest absolute Gasteiger partial charge is 0.481 e. The molecule has 0 saturated heterocycles. The number of methoxy groups -OCH3 is 1. The van der Waals surface area contributed by atoms with Crippen LogP contribution >= 0.6 is 23.6 Å². The maximum atomic E-state index is 5.34. The van der Waals surface area contributed by atoms with Gasteiger partial charge < -0.3 is 14.3 Å². The van der Waals surface area contributed by atoms with Gasteiger partial charge in [-0.2, -0.15) is 4.98 Å². The van der Waals surface area contributed by atoms with Gasteiger partial charge in [-0.1, -0.05) is 0 Å². The third kappa shape index (κ3) is 2.39. The van der Waals surface area contributed by atoms with Gasteiger partial charge in [-0.25, -0.2) is 4.98 Å². The van der Waals surface area contributed by atoms with Crippen LogP contribution in [0, 0.1) is 4.77 Å². The topological polar surface area (TPSA) is 55.7 Å². The van der Waals surface area contributed by atoms with Crippen LogP contribution in [-0.2, 0) is 13.0 Å². The lowest BCUT2D eigenvalue weighted by Gasteiger charge is -2.03. The normalized spacial score (nSPS) is 11.0. The van der Waals surface area contributed by atoms with Crippen molar-refractivity contribution in [2.24, 2.45) is 0 Å². The molecule has 3 aromatic rings. The molecular formula is C12H12N4OS2. The van der Waals surface area contributed by atoms with Gasteiger partial charge in [0.25, 0.3) is 0 Å². The first-order chi connectivity index (χ1) is 9.28. The number of thiazole rings is 1. The van der Waals surface area contributed by atoms with E-state index in [0.29, 0.717) is 10.7 Å². The summed E-state index contributed by atoms with van der Waals surface area (Å²) in [6.07, 6.45) is 0.837. The number of hydrogen-bond donors (Lipinski definition) is 1. The Morgan fingerprint density at radius 3 is 3.11 bits per heavy atom. The van der Waals surface area contributed by atoms with E-state index >= 15 is 0 Å². The maximum absolute atomic E-state index is 5.34. The van der Waals surface area contributed by atoms with Gasteiger partial charge in [-0.05, 0) is 18.3 Å². The van der Waals surface area contributed by atoms with E-state index in [4.69, 9.17) is 17.0 Å². The number of aryl methyl sites for hydroxylation is 2. The van der Waals surface area contributed by atoms with E-state index in [-0.39, 0.29) is 0 Å². The number of aromatic nitrogens is 4. The molecule has 0 aromatic carbocycles. The Morgan fingerprint density at radius 1 is 1.47 bits per heavy atom. The first-order valence-electron chi connectivity index (χ1n) is 5.78. The number of pyridine rings is 1. The lowest BCUT2D eigenvalue weighted by atomic mass is 10.3. The Hall–Kier alpha value is -1.73. The molecule has 98 valence electrons. The van der Waals surface area contributed by atoms with Crippen molar-refractivity contribution in [3.8, 4) is 5.88 Å². The van der Waals surface area contributed by atoms with E-state index in [0.717, 1.165) is 29.8 Å². The standard InChI is InChI=1S/C12H12N4OS2/c1-17-10-3-2-9-11(15-10)16(12(18)14-9)5-4-8-6-19-7-13-8/h2-3,6-7H,4-5H2,1H3,(H,14,18). The number of fused-ring (bicyclic) bond motifs is 1. The highest BCUT2D eigenvalue weighted by Crippen LogP contribution is 2.17. The third-order valence-corrected chi connectivity index (χ3v) is 3.83. The number of H-pyrrole nitrogens is 1. The molecule has 7 heteroatoms. The molecule has 0 atom stereocenters. The fourth-order valence-electron chi connectivity index (χ4n) is 1.92. The van der Waals surface area contributed by atoms with Gasteiger partial charge in [0.2, 0.25) is 5.88 Å². The van der Waals surface area contributed by atoms with Crippen molar-refractivity contribution < 1.29 is 4.74 Å². The summed E-state index contributed by atoms with van der Waals surface area (Å²) in [5, 5.41) is 2.05. The van der Waals surface area contributed by atoms with Crippen LogP contribution in [0.4, 0.5) is 0 Å². The van der Waals surface area contributed by atoms with Gasteiger partial charge in [0.05, 0.1) is 23.8 Å². The van der Waals surface area contributed by atoms with Gasteiger partial charge in [0, 0.05) is 24.4 Å². The Morgan fingerprint density at radius 2 is 2.37 bits per heavy atom. The zero-order valence-corrected chi connectivity index (χ0v) is 11.9. The summed E-state index contributed by atoms with van der Waals surface area (Å²) >= 11 is 6.94. The summed E-state index contributed by atoms with van der Waals surface area (Å²) in [6.45, 7) is 0.753. The molecule has 0 bridgehead atoms. The molecular weight excluding hydrogens is 280 g/mol. The number of nitrogens with one attached hydrogen (secondary N) is 1. The molecule has 0 aliphatic carbocycles. The summed E-state index contributed by atoms with van der Waals surface area (Å²) in [7, 11) is 1.61. The van der Waals surface area contributed by atoms with Crippen LogP contribution in [0.25, 0.3) is 11.2 Å². The average molecular weight is 292 g/mol. The molecule has 0 spiro atoms. The zero-order valence-electron chi connectivity index (χ0n) is 10.3. The van der Waals surface area contributed by atoms with E-state index in [2.05, 4.69) is 15.0 Å². The highest BCUT2D eigenvalue weighted by atomic mass is 32.1. The van der Waals surface area contributed by atoms with Crippen molar-refractivity contribution >= 4 is 34.7 Å². The molecule has 3 heterocycles. The number of nitrogens with zero attached hydrogens (tertiary/aromatic N) is 3. The second-order valence-corrected chi connectivity index (χ2v) is 5.14. The summed E-state index contributed by atoms with van der Waals surface area (Å²) in [6, 6.07) is 3.74. The molecule has 0 aliphatic heterocycles. The Labute approximate surface area is 118 Å². The Bertz CT molecular complexity index is 745. The number of rotatable bonds is 4. The van der Waals surface area contributed by atoms with Crippen molar-refractivity contribution in [3.05, 3.63) is 33.5 Å². The minimum atomic E-state index is 0.587. The zero-order chi connectivity index (χ0) is 13.2. The number of aromatic amines is 1. The van der Waals surface area contributed by atoms with Crippen LogP contribution < -0.4 is 4.74 Å². The van der Waals surface area contributed by atoms with Crippen molar-refractivity contribution in [2.75, 3.05) is 7.11 Å². The van der Waals surface area contributed by atoms with E-state index in [9.17, 15) is 0 Å². The number of hydrogen-bond acceptors (Lipinski definition) is 5. The van der Waals surface area contributed by atoms with Crippen molar-refractivity contribution in [3.63, 3.8) is 0 Å². The quantitative estimate of drug-likeness (QED) is 0.751. The third-order valence-electron chi connectivity index (χ3n) is 2.88. The second-order valence-electron chi connectivity index (χ2n) is 4.04. The first-order valence-corrected chi connectivity index (χ1v) is 7.13. The monoisotopic (exact) mass is 292 g/mol. The second kappa shape index (κ2) is 5.10. The Balaban J connectivity index is 1.97. The SMILES string of the molecule is COc1ccc2[nH]c(=S)n(CCc3cscn3)c2n1. The van der Waals surface area contributed by atoms with Crippen molar-refractivity contribution in [2.45, 2.75) is 13.0 Å². The number of imidazole rings is 1. The lowest BCUT2D eigenvalue weighted by Crippen LogP contribution is -2.03. The summed E-state index contributed by atoms with van der Waals surface area (Å²) in [5.41, 5.74) is 4.65. The van der Waals surface area contributed by atoms with Crippen LogP contribution in [0.2, 0.25) is 0 Å². The van der Waals surface area contributed by atoms with Crippen LogP contribution in [0.15, 0.2) is 23.0 Å². The molecule has 0 amide bonds. The van der Waals surface area contributed by atoms with E-state index in [1.165, 1.54) is 0 Å². The molecule has 0 radical (unpaired) electrons. The summed E-state index contributed by atoms with van der Waals surface area (Å²) < 4.78 is 7.80.